The molecule has 3 atom stereocenters. The van der Waals surface area contributed by atoms with Crippen molar-refractivity contribution in [3.05, 3.63) is 0 Å². The first kappa shape index (κ1) is 13.0. The average molecular weight is 212 g/mol. The second-order valence-corrected chi connectivity index (χ2v) is 5.35. The Hall–Kier alpha value is -0.0800. The van der Waals surface area contributed by atoms with Gasteiger partial charge in [0, 0.05) is 12.6 Å². The standard InChI is InChI=1S/C10H20N2.C3H8/c1-12-5-4-8-6-10(11)3-2-9(8)7-12;1-3-2/h8-10H,2-7,11H2,1H3;3H2,1-2H3. The van der Waals surface area contributed by atoms with Gasteiger partial charge in [-0.1, -0.05) is 20.3 Å². The van der Waals surface area contributed by atoms with Crippen molar-refractivity contribution in [1.29, 1.82) is 0 Å². The lowest BCUT2D eigenvalue weighted by Crippen LogP contribution is -2.43. The third-order valence-electron chi connectivity index (χ3n) is 3.61. The van der Waals surface area contributed by atoms with Crippen molar-refractivity contribution in [2.45, 2.75) is 52.0 Å². The van der Waals surface area contributed by atoms with Crippen LogP contribution in [-0.4, -0.2) is 31.1 Å². The van der Waals surface area contributed by atoms with E-state index in [1.165, 1.54) is 45.2 Å². The van der Waals surface area contributed by atoms with Gasteiger partial charge >= 0.3 is 0 Å². The smallest absolute Gasteiger partial charge is 0.00416 e. The Labute approximate surface area is 95.2 Å². The molecule has 15 heavy (non-hydrogen) atoms. The zero-order chi connectivity index (χ0) is 11.3. The molecule has 1 aliphatic heterocycles. The molecule has 0 radical (unpaired) electrons. The van der Waals surface area contributed by atoms with Crippen molar-refractivity contribution >= 4 is 0 Å². The largest absolute Gasteiger partial charge is 0.328 e. The van der Waals surface area contributed by atoms with E-state index in [0.29, 0.717) is 6.04 Å². The van der Waals surface area contributed by atoms with Gasteiger partial charge in [0.2, 0.25) is 0 Å². The second-order valence-electron chi connectivity index (χ2n) is 5.35. The van der Waals surface area contributed by atoms with Crippen LogP contribution in [-0.2, 0) is 0 Å². The van der Waals surface area contributed by atoms with E-state index in [1.54, 1.807) is 0 Å². The fourth-order valence-corrected chi connectivity index (χ4v) is 2.83. The maximum atomic E-state index is 5.96. The van der Waals surface area contributed by atoms with E-state index in [9.17, 15) is 0 Å². The summed E-state index contributed by atoms with van der Waals surface area (Å²) in [6.07, 6.45) is 6.55. The zero-order valence-electron chi connectivity index (χ0n) is 10.7. The molecule has 2 heteroatoms. The normalized spacial score (nSPS) is 36.4. The van der Waals surface area contributed by atoms with E-state index in [-0.39, 0.29) is 0 Å². The molecule has 0 aromatic rings. The first-order valence-corrected chi connectivity index (χ1v) is 6.61. The molecular formula is C13H28N2. The molecule has 0 bridgehead atoms. The molecule has 2 nitrogen and oxygen atoms in total. The fraction of sp³-hybridized carbons (Fsp3) is 1.00. The molecule has 2 N–H and O–H groups in total. The van der Waals surface area contributed by atoms with E-state index in [0.717, 1.165) is 11.8 Å². The molecule has 1 saturated carbocycles. The number of nitrogens with two attached hydrogens (primary N) is 1. The maximum absolute atomic E-state index is 5.96. The van der Waals surface area contributed by atoms with Gasteiger partial charge in [-0.25, -0.2) is 0 Å². The van der Waals surface area contributed by atoms with Gasteiger partial charge in [-0.05, 0) is 51.1 Å². The van der Waals surface area contributed by atoms with E-state index in [2.05, 4.69) is 25.8 Å². The van der Waals surface area contributed by atoms with Gasteiger partial charge in [0.25, 0.3) is 0 Å². The first-order chi connectivity index (χ1) is 7.17. The molecule has 2 fully saturated rings. The third kappa shape index (κ3) is 4.12. The highest BCUT2D eigenvalue weighted by Crippen LogP contribution is 2.34. The van der Waals surface area contributed by atoms with E-state index < -0.39 is 0 Å². The van der Waals surface area contributed by atoms with Crippen molar-refractivity contribution in [3.63, 3.8) is 0 Å². The van der Waals surface area contributed by atoms with Crippen molar-refractivity contribution in [3.8, 4) is 0 Å². The highest BCUT2D eigenvalue weighted by atomic mass is 15.1. The van der Waals surface area contributed by atoms with Crippen LogP contribution in [0.1, 0.15) is 46.0 Å². The van der Waals surface area contributed by atoms with Gasteiger partial charge in [0.05, 0.1) is 0 Å². The highest BCUT2D eigenvalue weighted by Gasteiger charge is 2.32. The number of likely N-dealkylation sites (tertiary alicyclic amines) is 1. The van der Waals surface area contributed by atoms with E-state index in [4.69, 9.17) is 5.73 Å². The van der Waals surface area contributed by atoms with Crippen LogP contribution in [0.4, 0.5) is 0 Å². The van der Waals surface area contributed by atoms with E-state index >= 15 is 0 Å². The van der Waals surface area contributed by atoms with Gasteiger partial charge in [-0.15, -0.1) is 0 Å². The zero-order valence-corrected chi connectivity index (χ0v) is 10.7. The van der Waals surface area contributed by atoms with Crippen LogP contribution in [0.3, 0.4) is 0 Å². The summed E-state index contributed by atoms with van der Waals surface area (Å²) in [5.41, 5.74) is 5.96. The van der Waals surface area contributed by atoms with Crippen molar-refractivity contribution < 1.29 is 0 Å². The summed E-state index contributed by atoms with van der Waals surface area (Å²) in [5, 5.41) is 0. The quantitative estimate of drug-likeness (QED) is 0.668. The van der Waals surface area contributed by atoms with Crippen LogP contribution in [0.2, 0.25) is 0 Å². The minimum atomic E-state index is 0.509. The maximum Gasteiger partial charge on any atom is 0.00416 e. The van der Waals surface area contributed by atoms with Gasteiger partial charge in [0.1, 0.15) is 0 Å². The SMILES string of the molecule is CCC.CN1CCC2CC(N)CCC2C1. The molecular weight excluding hydrogens is 184 g/mol. The summed E-state index contributed by atoms with van der Waals surface area (Å²) in [5.74, 6) is 1.91. The van der Waals surface area contributed by atoms with Crippen LogP contribution >= 0.6 is 0 Å². The number of hydrogen-bond donors (Lipinski definition) is 1. The number of hydrogen-bond acceptors (Lipinski definition) is 2. The Bertz CT molecular complexity index is 152. The van der Waals surface area contributed by atoms with Gasteiger partial charge in [0.15, 0.2) is 0 Å². The van der Waals surface area contributed by atoms with Crippen LogP contribution in [0.15, 0.2) is 0 Å². The Balaban J connectivity index is 0.000000337. The lowest BCUT2D eigenvalue weighted by atomic mass is 9.73. The number of rotatable bonds is 0. The van der Waals surface area contributed by atoms with E-state index in [1.807, 2.05) is 0 Å². The summed E-state index contributed by atoms with van der Waals surface area (Å²) in [7, 11) is 2.24. The Morgan fingerprint density at radius 2 is 1.80 bits per heavy atom. The van der Waals surface area contributed by atoms with Crippen molar-refractivity contribution in [2.24, 2.45) is 17.6 Å². The summed E-state index contributed by atoms with van der Waals surface area (Å²) in [4.78, 5) is 2.47. The van der Waals surface area contributed by atoms with Crippen LogP contribution < -0.4 is 5.73 Å². The molecule has 3 unspecified atom stereocenters. The number of piperidine rings is 1. The molecule has 1 saturated heterocycles. The van der Waals surface area contributed by atoms with Gasteiger partial charge in [-0.3, -0.25) is 0 Å². The van der Waals surface area contributed by atoms with Gasteiger partial charge < -0.3 is 10.6 Å². The van der Waals surface area contributed by atoms with Crippen LogP contribution in [0.5, 0.6) is 0 Å². The summed E-state index contributed by atoms with van der Waals surface area (Å²) in [6.45, 7) is 6.85. The second kappa shape index (κ2) is 6.49. The monoisotopic (exact) mass is 212 g/mol. The summed E-state index contributed by atoms with van der Waals surface area (Å²) >= 11 is 0. The lowest BCUT2D eigenvalue weighted by molar-refractivity contribution is 0.0968. The lowest BCUT2D eigenvalue weighted by Gasteiger charge is -2.41. The molecule has 0 aromatic heterocycles. The Morgan fingerprint density at radius 1 is 1.13 bits per heavy atom. The number of fused-ring (bicyclic) bond motifs is 1. The molecule has 1 heterocycles. The molecule has 1 aliphatic carbocycles. The Kier molecular flexibility index (Phi) is 5.62. The molecule has 0 spiro atoms. The molecule has 2 aliphatic rings. The topological polar surface area (TPSA) is 29.3 Å². The summed E-state index contributed by atoms with van der Waals surface area (Å²) < 4.78 is 0. The molecule has 2 rings (SSSR count). The predicted octanol–water partition coefficient (Wildman–Crippen LogP) is 2.48. The highest BCUT2D eigenvalue weighted by molar-refractivity contribution is 4.86. The van der Waals surface area contributed by atoms with Gasteiger partial charge in [-0.2, -0.15) is 0 Å². The van der Waals surface area contributed by atoms with Crippen molar-refractivity contribution in [2.75, 3.05) is 20.1 Å². The Morgan fingerprint density at radius 3 is 2.47 bits per heavy atom. The number of nitrogens with zero attached hydrogens (tertiary/aromatic N) is 1. The van der Waals surface area contributed by atoms with Crippen LogP contribution in [0, 0.1) is 11.8 Å². The average Bonchev–Trinajstić information content (AvgIpc) is 2.20. The molecule has 0 amide bonds. The van der Waals surface area contributed by atoms with Crippen molar-refractivity contribution in [1.82, 2.24) is 4.90 Å². The fourth-order valence-electron chi connectivity index (χ4n) is 2.83. The predicted molar refractivity (Wildman–Crippen MR) is 66.9 cm³/mol. The minimum absolute atomic E-state index is 0.509. The minimum Gasteiger partial charge on any atom is -0.328 e. The molecule has 90 valence electrons. The summed E-state index contributed by atoms with van der Waals surface area (Å²) in [6, 6.07) is 0.509. The van der Waals surface area contributed by atoms with Crippen LogP contribution in [0.25, 0.3) is 0 Å². The third-order valence-corrected chi connectivity index (χ3v) is 3.61. The first-order valence-electron chi connectivity index (χ1n) is 6.61. The molecule has 0 aromatic carbocycles.